The zero-order valence-electron chi connectivity index (χ0n) is 9.58. The van der Waals surface area contributed by atoms with Gasteiger partial charge in [-0.15, -0.1) is 0 Å². The molecule has 0 aromatic heterocycles. The Hall–Kier alpha value is -0.630. The van der Waals surface area contributed by atoms with E-state index in [0.717, 1.165) is 20.2 Å². The van der Waals surface area contributed by atoms with Crippen LogP contribution in [0.1, 0.15) is 12.8 Å². The van der Waals surface area contributed by atoms with Crippen LogP contribution in [0, 0.1) is 3.57 Å². The fourth-order valence-electron chi connectivity index (χ4n) is 1.83. The maximum Gasteiger partial charge on any atom is 0.244 e. The van der Waals surface area contributed by atoms with Gasteiger partial charge in [-0.1, -0.05) is 0 Å². The summed E-state index contributed by atoms with van der Waals surface area (Å²) in [4.78, 5) is 24.8. The van der Waals surface area contributed by atoms with Crippen LogP contribution in [0.15, 0.2) is 22.7 Å². The Kier molecular flexibility index (Phi) is 4.60. The number of hydrogen-bond acceptors (Lipinski definition) is 2. The van der Waals surface area contributed by atoms with E-state index in [0.29, 0.717) is 13.0 Å². The third kappa shape index (κ3) is 3.44. The lowest BCUT2D eigenvalue weighted by molar-refractivity contribution is -0.131. The topological polar surface area (TPSA) is 49.4 Å². The van der Waals surface area contributed by atoms with Crippen LogP contribution >= 0.6 is 38.5 Å². The molecule has 1 aliphatic rings. The zero-order chi connectivity index (χ0) is 13.1. The van der Waals surface area contributed by atoms with E-state index in [1.807, 2.05) is 18.2 Å². The highest BCUT2D eigenvalue weighted by atomic mass is 127. The molecular formula is C12H12BrIN2O2. The molecule has 96 valence electrons. The van der Waals surface area contributed by atoms with Crippen molar-refractivity contribution in [3.8, 4) is 0 Å². The van der Waals surface area contributed by atoms with Crippen LogP contribution in [-0.4, -0.2) is 29.8 Å². The molecule has 6 heteroatoms. The van der Waals surface area contributed by atoms with E-state index < -0.39 is 0 Å². The zero-order valence-corrected chi connectivity index (χ0v) is 13.3. The number of carbonyl (C=O) groups excluding carboxylic acids is 2. The summed E-state index contributed by atoms with van der Waals surface area (Å²) in [5.41, 5.74) is 0.729. The van der Waals surface area contributed by atoms with Crippen LogP contribution in [0.25, 0.3) is 0 Å². The molecule has 1 saturated heterocycles. The number of anilines is 1. The summed E-state index contributed by atoms with van der Waals surface area (Å²) in [5.74, 6) is -0.0982. The van der Waals surface area contributed by atoms with Gasteiger partial charge in [0.05, 0.1) is 12.2 Å². The second-order valence-electron chi connectivity index (χ2n) is 4.09. The van der Waals surface area contributed by atoms with Crippen LogP contribution in [0.4, 0.5) is 5.69 Å². The second-order valence-corrected chi connectivity index (χ2v) is 6.19. The highest BCUT2D eigenvalue weighted by Gasteiger charge is 2.22. The first-order valence-electron chi connectivity index (χ1n) is 5.59. The lowest BCUT2D eigenvalue weighted by atomic mass is 10.3. The quantitative estimate of drug-likeness (QED) is 0.761. The first-order chi connectivity index (χ1) is 8.56. The molecule has 1 aromatic carbocycles. The van der Waals surface area contributed by atoms with Gasteiger partial charge >= 0.3 is 0 Å². The molecule has 0 unspecified atom stereocenters. The number of likely N-dealkylation sites (tertiary alicyclic amines) is 1. The summed E-state index contributed by atoms with van der Waals surface area (Å²) in [6.45, 7) is 0.817. The van der Waals surface area contributed by atoms with Crippen molar-refractivity contribution in [2.24, 2.45) is 0 Å². The molecular weight excluding hydrogens is 411 g/mol. The Morgan fingerprint density at radius 2 is 2.28 bits per heavy atom. The van der Waals surface area contributed by atoms with E-state index in [1.165, 1.54) is 0 Å². The van der Waals surface area contributed by atoms with E-state index in [4.69, 9.17) is 0 Å². The molecule has 1 heterocycles. The van der Waals surface area contributed by atoms with Crippen molar-refractivity contribution >= 4 is 56.0 Å². The Bertz CT molecular complexity index is 493. The fraction of sp³-hybridized carbons (Fsp3) is 0.333. The monoisotopic (exact) mass is 422 g/mol. The number of benzene rings is 1. The maximum absolute atomic E-state index is 11.8. The molecule has 1 fully saturated rings. The molecule has 18 heavy (non-hydrogen) atoms. The molecule has 0 aliphatic carbocycles. The minimum Gasteiger partial charge on any atom is -0.333 e. The van der Waals surface area contributed by atoms with Gasteiger partial charge in [-0.05, 0) is 63.1 Å². The standard InChI is InChI=1S/C12H12BrIN2O2/c13-9-6-8(14)3-4-10(9)15-11(17)7-16-5-1-2-12(16)18/h3-4,6H,1-2,5,7H2,(H,15,17). The largest absolute Gasteiger partial charge is 0.333 e. The lowest BCUT2D eigenvalue weighted by Crippen LogP contribution is -2.34. The number of nitrogens with one attached hydrogen (secondary N) is 1. The molecule has 0 bridgehead atoms. The van der Waals surface area contributed by atoms with Crippen LogP contribution in [0.2, 0.25) is 0 Å². The van der Waals surface area contributed by atoms with Crippen molar-refractivity contribution in [3.63, 3.8) is 0 Å². The highest BCUT2D eigenvalue weighted by molar-refractivity contribution is 14.1. The number of rotatable bonds is 3. The van der Waals surface area contributed by atoms with Gasteiger partial charge < -0.3 is 10.2 Å². The van der Waals surface area contributed by atoms with Crippen molar-refractivity contribution in [1.29, 1.82) is 0 Å². The van der Waals surface area contributed by atoms with Crippen LogP contribution in [0.3, 0.4) is 0 Å². The van der Waals surface area contributed by atoms with Gasteiger partial charge in [0.2, 0.25) is 11.8 Å². The number of nitrogens with zero attached hydrogens (tertiary/aromatic N) is 1. The third-order valence-electron chi connectivity index (χ3n) is 2.71. The third-order valence-corrected chi connectivity index (χ3v) is 4.04. The molecule has 4 nitrogen and oxygen atoms in total. The van der Waals surface area contributed by atoms with E-state index in [-0.39, 0.29) is 18.4 Å². The van der Waals surface area contributed by atoms with E-state index in [2.05, 4.69) is 43.8 Å². The summed E-state index contributed by atoms with van der Waals surface area (Å²) >= 11 is 5.60. The van der Waals surface area contributed by atoms with Crippen LogP contribution < -0.4 is 5.32 Å². The lowest BCUT2D eigenvalue weighted by Gasteiger charge is -2.15. The predicted molar refractivity (Wildman–Crippen MR) is 81.3 cm³/mol. The summed E-state index contributed by atoms with van der Waals surface area (Å²) in [7, 11) is 0. The second kappa shape index (κ2) is 6.01. The van der Waals surface area contributed by atoms with Gasteiger partial charge in [0, 0.05) is 21.0 Å². The number of halogens is 2. The van der Waals surface area contributed by atoms with Crippen LogP contribution in [0.5, 0.6) is 0 Å². The molecule has 0 atom stereocenters. The van der Waals surface area contributed by atoms with Gasteiger partial charge in [-0.25, -0.2) is 0 Å². The van der Waals surface area contributed by atoms with Gasteiger partial charge in [-0.3, -0.25) is 9.59 Å². The van der Waals surface area contributed by atoms with E-state index >= 15 is 0 Å². The average molecular weight is 423 g/mol. The molecule has 0 spiro atoms. The Morgan fingerprint density at radius 3 is 2.89 bits per heavy atom. The fourth-order valence-corrected chi connectivity index (χ4v) is 3.22. The van der Waals surface area contributed by atoms with Crippen molar-refractivity contribution < 1.29 is 9.59 Å². The van der Waals surface area contributed by atoms with Crippen molar-refractivity contribution in [1.82, 2.24) is 4.90 Å². The molecule has 1 aromatic rings. The maximum atomic E-state index is 11.8. The Morgan fingerprint density at radius 1 is 1.50 bits per heavy atom. The predicted octanol–water partition coefficient (Wildman–Crippen LogP) is 2.61. The van der Waals surface area contributed by atoms with Gasteiger partial charge in [0.25, 0.3) is 0 Å². The van der Waals surface area contributed by atoms with Crippen molar-refractivity contribution in [3.05, 3.63) is 26.2 Å². The smallest absolute Gasteiger partial charge is 0.244 e. The minimum atomic E-state index is -0.160. The number of hydrogen-bond donors (Lipinski definition) is 1. The van der Waals surface area contributed by atoms with Gasteiger partial charge in [-0.2, -0.15) is 0 Å². The Labute approximate surface area is 127 Å². The summed E-state index contributed by atoms with van der Waals surface area (Å²) in [6, 6.07) is 5.69. The van der Waals surface area contributed by atoms with E-state index in [1.54, 1.807) is 4.90 Å². The molecule has 2 amide bonds. The van der Waals surface area contributed by atoms with Crippen LogP contribution in [-0.2, 0) is 9.59 Å². The van der Waals surface area contributed by atoms with E-state index in [9.17, 15) is 9.59 Å². The summed E-state index contributed by atoms with van der Waals surface area (Å²) < 4.78 is 1.93. The van der Waals surface area contributed by atoms with Gasteiger partial charge in [0.1, 0.15) is 0 Å². The molecule has 2 rings (SSSR count). The normalized spacial score (nSPS) is 15.0. The molecule has 1 N–H and O–H groups in total. The highest BCUT2D eigenvalue weighted by Crippen LogP contribution is 2.24. The summed E-state index contributed by atoms with van der Waals surface area (Å²) in [5, 5.41) is 2.80. The number of amides is 2. The van der Waals surface area contributed by atoms with Crippen molar-refractivity contribution in [2.45, 2.75) is 12.8 Å². The van der Waals surface area contributed by atoms with Gasteiger partial charge in [0.15, 0.2) is 0 Å². The summed E-state index contributed by atoms with van der Waals surface area (Å²) in [6.07, 6.45) is 1.40. The SMILES string of the molecule is O=C(CN1CCCC1=O)Nc1ccc(I)cc1Br. The molecule has 0 saturated carbocycles. The Balaban J connectivity index is 1.96. The average Bonchev–Trinajstić information content (AvgIpc) is 2.69. The minimum absolute atomic E-state index is 0.0619. The first kappa shape index (κ1) is 13.8. The molecule has 0 radical (unpaired) electrons. The van der Waals surface area contributed by atoms with Crippen molar-refractivity contribution in [2.75, 3.05) is 18.4 Å². The molecule has 1 aliphatic heterocycles. The first-order valence-corrected chi connectivity index (χ1v) is 7.46. The number of carbonyl (C=O) groups is 2.